The van der Waals surface area contributed by atoms with Crippen LogP contribution in [0.25, 0.3) is 0 Å². The molecule has 0 spiro atoms. The van der Waals surface area contributed by atoms with Gasteiger partial charge in [0.25, 0.3) is 0 Å². The highest BCUT2D eigenvalue weighted by atomic mass is 19.1. The van der Waals surface area contributed by atoms with Gasteiger partial charge in [-0.05, 0) is 36.2 Å². The minimum absolute atomic E-state index is 0.348. The number of rotatable bonds is 5. The summed E-state index contributed by atoms with van der Waals surface area (Å²) >= 11 is 0. The van der Waals surface area contributed by atoms with Crippen LogP contribution >= 0.6 is 0 Å². The molecule has 0 radical (unpaired) electrons. The van der Waals surface area contributed by atoms with Gasteiger partial charge in [0.1, 0.15) is 5.82 Å². The van der Waals surface area contributed by atoms with Gasteiger partial charge in [-0.1, -0.05) is 20.3 Å². The summed E-state index contributed by atoms with van der Waals surface area (Å²) in [7, 11) is 0. The Labute approximate surface area is 96.1 Å². The molecule has 0 saturated carbocycles. The molecule has 16 heavy (non-hydrogen) atoms. The maximum Gasteiger partial charge on any atom is 0.124 e. The van der Waals surface area contributed by atoms with Crippen molar-refractivity contribution >= 4 is 0 Å². The summed E-state index contributed by atoms with van der Waals surface area (Å²) in [6.07, 6.45) is 1.12. The topological polar surface area (TPSA) is 35.8 Å². The van der Waals surface area contributed by atoms with E-state index in [4.69, 9.17) is 5.26 Å². The van der Waals surface area contributed by atoms with E-state index >= 15 is 0 Å². The molecule has 1 aromatic carbocycles. The Morgan fingerprint density at radius 1 is 1.44 bits per heavy atom. The second-order valence-electron chi connectivity index (χ2n) is 4.10. The van der Waals surface area contributed by atoms with E-state index in [9.17, 15) is 4.39 Å². The number of nitriles is 1. The van der Waals surface area contributed by atoms with Crippen molar-refractivity contribution in [3.05, 3.63) is 35.1 Å². The van der Waals surface area contributed by atoms with Crippen LogP contribution in [0, 0.1) is 23.1 Å². The van der Waals surface area contributed by atoms with E-state index in [0.29, 0.717) is 18.0 Å². The molecular weight excluding hydrogens is 203 g/mol. The molecule has 0 aliphatic carbocycles. The van der Waals surface area contributed by atoms with Gasteiger partial charge in [0.05, 0.1) is 11.6 Å². The highest BCUT2D eigenvalue weighted by Gasteiger charge is 2.01. The maximum atomic E-state index is 13.1. The zero-order valence-corrected chi connectivity index (χ0v) is 9.76. The van der Waals surface area contributed by atoms with Gasteiger partial charge in [0.15, 0.2) is 0 Å². The zero-order chi connectivity index (χ0) is 12.0. The summed E-state index contributed by atoms with van der Waals surface area (Å²) < 4.78 is 13.1. The van der Waals surface area contributed by atoms with E-state index in [1.54, 1.807) is 6.07 Å². The quantitative estimate of drug-likeness (QED) is 0.828. The fourth-order valence-corrected chi connectivity index (χ4v) is 1.42. The highest BCUT2D eigenvalue weighted by molar-refractivity contribution is 5.33. The number of hydrogen-bond donors (Lipinski definition) is 1. The van der Waals surface area contributed by atoms with Crippen LogP contribution < -0.4 is 5.32 Å². The van der Waals surface area contributed by atoms with Crippen LogP contribution in [0.5, 0.6) is 0 Å². The maximum absolute atomic E-state index is 13.1. The van der Waals surface area contributed by atoms with E-state index < -0.39 is 0 Å². The normalized spacial score (nSPS) is 12.1. The highest BCUT2D eigenvalue weighted by Crippen LogP contribution is 2.08. The molecule has 1 rings (SSSR count). The van der Waals surface area contributed by atoms with Gasteiger partial charge in [-0.3, -0.25) is 0 Å². The third-order valence-corrected chi connectivity index (χ3v) is 2.61. The van der Waals surface area contributed by atoms with Crippen LogP contribution in [0.1, 0.15) is 31.4 Å². The van der Waals surface area contributed by atoms with Crippen molar-refractivity contribution in [2.75, 3.05) is 6.54 Å². The smallest absolute Gasteiger partial charge is 0.124 e. The van der Waals surface area contributed by atoms with Gasteiger partial charge < -0.3 is 5.32 Å². The first-order chi connectivity index (χ1) is 7.65. The number of hydrogen-bond acceptors (Lipinski definition) is 2. The Bertz CT molecular complexity index is 382. The summed E-state index contributed by atoms with van der Waals surface area (Å²) in [5.74, 6) is 0.267. The Hall–Kier alpha value is -1.40. The second-order valence-corrected chi connectivity index (χ2v) is 4.10. The average molecular weight is 220 g/mol. The van der Waals surface area contributed by atoms with Crippen LogP contribution in [0.3, 0.4) is 0 Å². The van der Waals surface area contributed by atoms with Crippen molar-refractivity contribution in [3.63, 3.8) is 0 Å². The van der Waals surface area contributed by atoms with E-state index in [0.717, 1.165) is 18.5 Å². The van der Waals surface area contributed by atoms with Gasteiger partial charge in [0.2, 0.25) is 0 Å². The lowest BCUT2D eigenvalue weighted by atomic mass is 10.1. The van der Waals surface area contributed by atoms with Gasteiger partial charge >= 0.3 is 0 Å². The fourth-order valence-electron chi connectivity index (χ4n) is 1.42. The lowest BCUT2D eigenvalue weighted by molar-refractivity contribution is 0.499. The van der Waals surface area contributed by atoms with Crippen molar-refractivity contribution in [1.29, 1.82) is 5.26 Å². The molecule has 1 N–H and O–H groups in total. The van der Waals surface area contributed by atoms with Gasteiger partial charge in [-0.25, -0.2) is 4.39 Å². The molecule has 0 amide bonds. The summed E-state index contributed by atoms with van der Waals surface area (Å²) in [4.78, 5) is 0. The Balaban J connectivity index is 2.54. The van der Waals surface area contributed by atoms with Crippen LogP contribution in [0.15, 0.2) is 18.2 Å². The molecule has 1 atom stereocenters. The second kappa shape index (κ2) is 6.24. The molecule has 0 aliphatic rings. The van der Waals surface area contributed by atoms with E-state index in [1.165, 1.54) is 12.1 Å². The molecule has 86 valence electrons. The number of nitrogens with zero attached hydrogens (tertiary/aromatic N) is 1. The van der Waals surface area contributed by atoms with E-state index in [1.807, 2.05) is 6.07 Å². The summed E-state index contributed by atoms with van der Waals surface area (Å²) in [6.45, 7) is 5.83. The van der Waals surface area contributed by atoms with E-state index in [-0.39, 0.29) is 5.82 Å². The minimum atomic E-state index is -0.348. The Kier molecular flexibility index (Phi) is 4.94. The zero-order valence-electron chi connectivity index (χ0n) is 9.76. The standard InChI is InChI=1S/C13H17FN2/c1-3-10(2)8-16-9-12-4-11(7-15)5-13(14)6-12/h4-6,10,16H,3,8-9H2,1-2H3. The lowest BCUT2D eigenvalue weighted by Gasteiger charge is -2.10. The largest absolute Gasteiger partial charge is 0.312 e. The monoisotopic (exact) mass is 220 g/mol. The first kappa shape index (κ1) is 12.7. The van der Waals surface area contributed by atoms with Crippen molar-refractivity contribution in [1.82, 2.24) is 5.32 Å². The molecule has 3 heteroatoms. The molecule has 0 saturated heterocycles. The molecule has 2 nitrogen and oxygen atoms in total. The molecule has 1 unspecified atom stereocenters. The molecular formula is C13H17FN2. The fraction of sp³-hybridized carbons (Fsp3) is 0.462. The molecule has 0 aromatic heterocycles. The van der Waals surface area contributed by atoms with Crippen LogP contribution in [0.4, 0.5) is 4.39 Å². The Morgan fingerprint density at radius 3 is 2.81 bits per heavy atom. The minimum Gasteiger partial charge on any atom is -0.312 e. The van der Waals surface area contributed by atoms with Gasteiger partial charge in [-0.2, -0.15) is 5.26 Å². The third kappa shape index (κ3) is 4.00. The molecule has 1 aromatic rings. The SMILES string of the molecule is CCC(C)CNCc1cc(F)cc(C#N)c1. The van der Waals surface area contributed by atoms with Crippen molar-refractivity contribution in [2.45, 2.75) is 26.8 Å². The van der Waals surface area contributed by atoms with E-state index in [2.05, 4.69) is 19.2 Å². The summed E-state index contributed by atoms with van der Waals surface area (Å²) in [5, 5.41) is 12.0. The molecule has 0 fully saturated rings. The molecule has 0 heterocycles. The van der Waals surface area contributed by atoms with Crippen molar-refractivity contribution < 1.29 is 4.39 Å². The first-order valence-corrected chi connectivity index (χ1v) is 5.56. The van der Waals surface area contributed by atoms with Crippen LogP contribution in [-0.2, 0) is 6.54 Å². The Morgan fingerprint density at radius 2 is 2.19 bits per heavy atom. The van der Waals surface area contributed by atoms with Gasteiger partial charge in [-0.15, -0.1) is 0 Å². The van der Waals surface area contributed by atoms with Gasteiger partial charge in [0, 0.05) is 6.54 Å². The molecule has 0 aliphatic heterocycles. The number of halogens is 1. The predicted octanol–water partition coefficient (Wildman–Crippen LogP) is 2.83. The number of nitrogens with one attached hydrogen (secondary N) is 1. The van der Waals surface area contributed by atoms with Crippen LogP contribution in [0.2, 0.25) is 0 Å². The third-order valence-electron chi connectivity index (χ3n) is 2.61. The lowest BCUT2D eigenvalue weighted by Crippen LogP contribution is -2.20. The molecule has 0 bridgehead atoms. The number of benzene rings is 1. The van der Waals surface area contributed by atoms with Crippen molar-refractivity contribution in [2.24, 2.45) is 5.92 Å². The first-order valence-electron chi connectivity index (χ1n) is 5.56. The van der Waals surface area contributed by atoms with Crippen LogP contribution in [-0.4, -0.2) is 6.54 Å². The predicted molar refractivity (Wildman–Crippen MR) is 62.3 cm³/mol. The summed E-state index contributed by atoms with van der Waals surface area (Å²) in [5.41, 5.74) is 1.19. The van der Waals surface area contributed by atoms with Crippen molar-refractivity contribution in [3.8, 4) is 6.07 Å². The average Bonchev–Trinajstić information content (AvgIpc) is 2.28. The summed E-state index contributed by atoms with van der Waals surface area (Å²) in [6, 6.07) is 6.38.